The van der Waals surface area contributed by atoms with Crippen molar-refractivity contribution in [2.45, 2.75) is 31.3 Å². The highest BCUT2D eigenvalue weighted by Crippen LogP contribution is 2.33. The van der Waals surface area contributed by atoms with E-state index in [1.165, 1.54) is 13.5 Å². The van der Waals surface area contributed by atoms with Crippen LogP contribution >= 0.6 is 0 Å². The van der Waals surface area contributed by atoms with Crippen LogP contribution in [0, 0.1) is 5.92 Å². The van der Waals surface area contributed by atoms with Gasteiger partial charge in [0.2, 0.25) is 0 Å². The minimum Gasteiger partial charge on any atom is -0.469 e. The number of carbonyl (C=O) groups excluding carboxylic acids is 1. The number of rotatable bonds is 1. The third-order valence-electron chi connectivity index (χ3n) is 2.80. The van der Waals surface area contributed by atoms with Crippen molar-refractivity contribution in [2.75, 3.05) is 7.11 Å². The van der Waals surface area contributed by atoms with Gasteiger partial charge in [0.15, 0.2) is 0 Å². The minimum absolute atomic E-state index is 0.0373. The lowest BCUT2D eigenvalue weighted by molar-refractivity contribution is -0.146. The van der Waals surface area contributed by atoms with Gasteiger partial charge in [-0.15, -0.1) is 0 Å². The molecule has 62 valence electrons. The van der Waals surface area contributed by atoms with Crippen molar-refractivity contribution in [2.24, 2.45) is 5.92 Å². The molecule has 2 fully saturated rings. The van der Waals surface area contributed by atoms with Crippen molar-refractivity contribution in [3.63, 3.8) is 0 Å². The second-order valence-electron chi connectivity index (χ2n) is 3.41. The number of hydrogen-bond acceptors (Lipinski definition) is 3. The molecule has 2 aliphatic rings. The molecule has 0 amide bonds. The maximum absolute atomic E-state index is 11.1. The molecule has 0 saturated carbocycles. The molecule has 0 radical (unpaired) electrons. The van der Waals surface area contributed by atoms with Crippen LogP contribution in [0.2, 0.25) is 0 Å². The van der Waals surface area contributed by atoms with Crippen LogP contribution < -0.4 is 5.32 Å². The highest BCUT2D eigenvalue weighted by atomic mass is 16.5. The average molecular weight is 155 g/mol. The van der Waals surface area contributed by atoms with Gasteiger partial charge in [0, 0.05) is 12.1 Å². The average Bonchev–Trinajstić information content (AvgIpc) is 2.62. The van der Waals surface area contributed by atoms with E-state index < -0.39 is 0 Å². The number of fused-ring (bicyclic) bond motifs is 2. The Morgan fingerprint density at radius 3 is 2.82 bits per heavy atom. The van der Waals surface area contributed by atoms with Gasteiger partial charge < -0.3 is 10.1 Å². The summed E-state index contributed by atoms with van der Waals surface area (Å²) in [5.41, 5.74) is 0. The summed E-state index contributed by atoms with van der Waals surface area (Å²) >= 11 is 0. The molecule has 0 aromatic heterocycles. The summed E-state index contributed by atoms with van der Waals surface area (Å²) in [6, 6.07) is 0.997. The van der Waals surface area contributed by atoms with Crippen LogP contribution in [0.25, 0.3) is 0 Å². The summed E-state index contributed by atoms with van der Waals surface area (Å²) in [7, 11) is 1.47. The van der Waals surface area contributed by atoms with Crippen LogP contribution in [-0.2, 0) is 9.53 Å². The molecule has 2 bridgehead atoms. The number of carbonyl (C=O) groups is 1. The summed E-state index contributed by atoms with van der Waals surface area (Å²) in [6.45, 7) is 0. The Bertz CT molecular complexity index is 181. The van der Waals surface area contributed by atoms with Gasteiger partial charge >= 0.3 is 5.97 Å². The molecule has 3 atom stereocenters. The lowest BCUT2D eigenvalue weighted by Crippen LogP contribution is -2.29. The molecule has 0 aliphatic carbocycles. The molecule has 0 unspecified atom stereocenters. The van der Waals surface area contributed by atoms with E-state index >= 15 is 0 Å². The first kappa shape index (κ1) is 7.10. The Kier molecular flexibility index (Phi) is 1.60. The van der Waals surface area contributed by atoms with E-state index in [2.05, 4.69) is 5.32 Å². The van der Waals surface area contributed by atoms with Crippen molar-refractivity contribution in [3.05, 3.63) is 0 Å². The van der Waals surface area contributed by atoms with Gasteiger partial charge in [-0.1, -0.05) is 0 Å². The van der Waals surface area contributed by atoms with Crippen LogP contribution in [0.3, 0.4) is 0 Å². The number of methoxy groups -OCH3 is 1. The van der Waals surface area contributed by atoms with Crippen LogP contribution in [-0.4, -0.2) is 25.2 Å². The second kappa shape index (κ2) is 2.48. The third-order valence-corrected chi connectivity index (χ3v) is 2.80. The summed E-state index contributed by atoms with van der Waals surface area (Å²) < 4.78 is 4.71. The smallest absolute Gasteiger partial charge is 0.310 e. The Morgan fingerprint density at radius 2 is 2.36 bits per heavy atom. The third kappa shape index (κ3) is 1.03. The van der Waals surface area contributed by atoms with E-state index in [0.717, 1.165) is 12.8 Å². The molecule has 2 aliphatic heterocycles. The van der Waals surface area contributed by atoms with E-state index in [-0.39, 0.29) is 11.9 Å². The molecule has 2 rings (SSSR count). The molecule has 0 aromatic rings. The lowest BCUT2D eigenvalue weighted by Gasteiger charge is -2.16. The first-order valence-corrected chi connectivity index (χ1v) is 4.15. The maximum Gasteiger partial charge on any atom is 0.310 e. The topological polar surface area (TPSA) is 38.3 Å². The number of esters is 1. The molecule has 2 saturated heterocycles. The van der Waals surface area contributed by atoms with Crippen LogP contribution in [0.1, 0.15) is 19.3 Å². The molecular weight excluding hydrogens is 142 g/mol. The Morgan fingerprint density at radius 1 is 1.55 bits per heavy atom. The van der Waals surface area contributed by atoms with Gasteiger partial charge in [-0.2, -0.15) is 0 Å². The van der Waals surface area contributed by atoms with E-state index in [0.29, 0.717) is 12.1 Å². The first-order valence-electron chi connectivity index (χ1n) is 4.15. The van der Waals surface area contributed by atoms with Crippen molar-refractivity contribution in [1.29, 1.82) is 0 Å². The highest BCUT2D eigenvalue weighted by molar-refractivity contribution is 5.74. The predicted molar refractivity (Wildman–Crippen MR) is 40.1 cm³/mol. The van der Waals surface area contributed by atoms with E-state index in [1.807, 2.05) is 0 Å². The summed E-state index contributed by atoms with van der Waals surface area (Å²) in [6.07, 6.45) is 3.36. The monoisotopic (exact) mass is 155 g/mol. The van der Waals surface area contributed by atoms with E-state index in [4.69, 9.17) is 4.74 Å². The van der Waals surface area contributed by atoms with E-state index in [1.54, 1.807) is 0 Å². The predicted octanol–water partition coefficient (Wildman–Crippen LogP) is 0.300. The molecule has 0 aromatic carbocycles. The first-order chi connectivity index (χ1) is 5.31. The van der Waals surface area contributed by atoms with Crippen molar-refractivity contribution in [1.82, 2.24) is 5.32 Å². The molecule has 1 N–H and O–H groups in total. The van der Waals surface area contributed by atoms with Crippen LogP contribution in [0.5, 0.6) is 0 Å². The van der Waals surface area contributed by atoms with Crippen LogP contribution in [0.4, 0.5) is 0 Å². The van der Waals surface area contributed by atoms with Gasteiger partial charge in [0.1, 0.15) is 0 Å². The molecule has 3 nitrogen and oxygen atoms in total. The highest BCUT2D eigenvalue weighted by Gasteiger charge is 2.43. The Hall–Kier alpha value is -0.570. The van der Waals surface area contributed by atoms with Gasteiger partial charge in [-0.05, 0) is 19.3 Å². The standard InChI is InChI=1S/C8H13NO2/c1-11-8(10)6-4-5-2-3-7(6)9-5/h5-7,9H,2-4H2,1H3/t5-,6-,7-/m0/s1. The minimum atomic E-state index is -0.0373. The van der Waals surface area contributed by atoms with Gasteiger partial charge in [0.05, 0.1) is 13.0 Å². The number of hydrogen-bond donors (Lipinski definition) is 1. The SMILES string of the molecule is COC(=O)[C@H]1C[C@@H]2CC[C@@H]1N2. The van der Waals surface area contributed by atoms with Crippen LogP contribution in [0.15, 0.2) is 0 Å². The largest absolute Gasteiger partial charge is 0.469 e. The summed E-state index contributed by atoms with van der Waals surface area (Å²) in [5, 5.41) is 3.39. The molecule has 11 heavy (non-hydrogen) atoms. The zero-order valence-corrected chi connectivity index (χ0v) is 6.67. The molecular formula is C8H13NO2. The zero-order valence-electron chi connectivity index (χ0n) is 6.67. The Balaban J connectivity index is 2.02. The quantitative estimate of drug-likeness (QED) is 0.553. The molecule has 3 heteroatoms. The van der Waals surface area contributed by atoms with Gasteiger partial charge in [-0.25, -0.2) is 0 Å². The Labute approximate surface area is 66.1 Å². The summed E-state index contributed by atoms with van der Waals surface area (Å²) in [4.78, 5) is 11.1. The normalized spacial score (nSPS) is 41.0. The zero-order chi connectivity index (χ0) is 7.84. The fourth-order valence-electron chi connectivity index (χ4n) is 2.24. The lowest BCUT2D eigenvalue weighted by atomic mass is 9.89. The van der Waals surface area contributed by atoms with Crippen molar-refractivity contribution in [3.8, 4) is 0 Å². The van der Waals surface area contributed by atoms with Crippen molar-refractivity contribution >= 4 is 5.97 Å². The van der Waals surface area contributed by atoms with Gasteiger partial charge in [0.25, 0.3) is 0 Å². The number of ether oxygens (including phenoxy) is 1. The molecule has 2 heterocycles. The summed E-state index contributed by atoms with van der Waals surface area (Å²) in [5.74, 6) is 0.100. The second-order valence-corrected chi connectivity index (χ2v) is 3.41. The number of nitrogens with one attached hydrogen (secondary N) is 1. The fourth-order valence-corrected chi connectivity index (χ4v) is 2.24. The fraction of sp³-hybridized carbons (Fsp3) is 0.875. The molecule has 0 spiro atoms. The van der Waals surface area contributed by atoms with Crippen molar-refractivity contribution < 1.29 is 9.53 Å². The maximum atomic E-state index is 11.1. The van der Waals surface area contributed by atoms with E-state index in [9.17, 15) is 4.79 Å². The van der Waals surface area contributed by atoms with Gasteiger partial charge in [-0.3, -0.25) is 4.79 Å².